The van der Waals surface area contributed by atoms with Crippen molar-refractivity contribution >= 4 is 0 Å². The summed E-state index contributed by atoms with van der Waals surface area (Å²) in [6.45, 7) is 11.6. The minimum absolute atomic E-state index is 0.635. The molecule has 1 N–H and O–H groups in total. The molecule has 0 aromatic heterocycles. The Kier molecular flexibility index (Phi) is 4.83. The Morgan fingerprint density at radius 1 is 1.40 bits per heavy atom. The van der Waals surface area contributed by atoms with Gasteiger partial charge < -0.3 is 5.32 Å². The lowest BCUT2D eigenvalue weighted by molar-refractivity contribution is 0.267. The molecule has 1 nitrogen and oxygen atoms in total. The third-order valence-corrected chi connectivity index (χ3v) is 3.20. The highest BCUT2D eigenvalue weighted by atomic mass is 14.9. The van der Waals surface area contributed by atoms with E-state index >= 15 is 0 Å². The summed E-state index contributed by atoms with van der Waals surface area (Å²) in [5, 5.41) is 3.55. The maximum Gasteiger partial charge on any atom is 0.00417 e. The van der Waals surface area contributed by atoms with Crippen LogP contribution in [0.4, 0.5) is 0 Å². The summed E-state index contributed by atoms with van der Waals surface area (Å²) in [4.78, 5) is 0. The third kappa shape index (κ3) is 3.35. The van der Waals surface area contributed by atoms with Crippen LogP contribution in [0.5, 0.6) is 0 Å². The van der Waals surface area contributed by atoms with Crippen molar-refractivity contribution in [1.29, 1.82) is 0 Å². The summed E-state index contributed by atoms with van der Waals surface area (Å²) >= 11 is 0. The van der Waals surface area contributed by atoms with E-state index in [4.69, 9.17) is 0 Å². The Morgan fingerprint density at radius 3 is 2.67 bits per heavy atom. The highest BCUT2D eigenvalue weighted by Crippen LogP contribution is 2.28. The van der Waals surface area contributed by atoms with E-state index in [1.54, 1.807) is 0 Å². The zero-order valence-electron chi connectivity index (χ0n) is 10.2. The van der Waals surface area contributed by atoms with Crippen LogP contribution in [-0.4, -0.2) is 12.6 Å². The van der Waals surface area contributed by atoms with Crippen molar-refractivity contribution in [3.8, 4) is 0 Å². The van der Waals surface area contributed by atoms with Gasteiger partial charge in [-0.15, -0.1) is 0 Å². The molecule has 15 heavy (non-hydrogen) atoms. The van der Waals surface area contributed by atoms with E-state index < -0.39 is 0 Å². The molecule has 84 valence electrons. The summed E-state index contributed by atoms with van der Waals surface area (Å²) in [7, 11) is 0. The van der Waals surface area contributed by atoms with Crippen LogP contribution >= 0.6 is 0 Å². The van der Waals surface area contributed by atoms with E-state index in [0.29, 0.717) is 12.0 Å². The van der Waals surface area contributed by atoms with Crippen LogP contribution in [0.1, 0.15) is 27.2 Å². The molecular weight excluding hydrogens is 182 g/mol. The Bertz CT molecular complexity index is 263. The van der Waals surface area contributed by atoms with E-state index in [2.05, 4.69) is 50.9 Å². The van der Waals surface area contributed by atoms with E-state index in [-0.39, 0.29) is 0 Å². The lowest BCUT2D eigenvalue weighted by atomic mass is 9.80. The quantitative estimate of drug-likeness (QED) is 0.697. The molecule has 0 saturated carbocycles. The maximum atomic E-state index is 3.79. The Hall–Kier alpha value is -0.820. The Labute approximate surface area is 94.0 Å². The number of piperidine rings is 1. The van der Waals surface area contributed by atoms with Gasteiger partial charge in [-0.3, -0.25) is 0 Å². The molecule has 0 aromatic rings. The maximum absolute atomic E-state index is 3.79. The van der Waals surface area contributed by atoms with Gasteiger partial charge in [0.2, 0.25) is 0 Å². The summed E-state index contributed by atoms with van der Waals surface area (Å²) in [6, 6.07) is 0.659. The minimum atomic E-state index is 0.635. The summed E-state index contributed by atoms with van der Waals surface area (Å²) in [6.07, 6.45) is 9.61. The van der Waals surface area contributed by atoms with Gasteiger partial charge in [-0.05, 0) is 37.7 Å². The summed E-state index contributed by atoms with van der Waals surface area (Å²) in [5.41, 5.74) is 1.40. The lowest BCUT2D eigenvalue weighted by Gasteiger charge is -2.34. The zero-order chi connectivity index (χ0) is 11.3. The first kappa shape index (κ1) is 12.3. The molecule has 0 aromatic carbocycles. The smallest absolute Gasteiger partial charge is 0.00417 e. The standard InChI is InChI=1S/C14H23N/c1-5-7-13(8-6-2)14-10-15-12(4)9-11(14)3/h5-8,11-12,14-15H,1,9-10H2,2-4H3/b8-6-,13-7+. The fourth-order valence-electron chi connectivity index (χ4n) is 2.41. The molecule has 0 radical (unpaired) electrons. The van der Waals surface area contributed by atoms with Gasteiger partial charge in [0.1, 0.15) is 0 Å². The van der Waals surface area contributed by atoms with Gasteiger partial charge in [-0.25, -0.2) is 0 Å². The van der Waals surface area contributed by atoms with Gasteiger partial charge in [0.15, 0.2) is 0 Å². The molecule has 1 aliphatic rings. The monoisotopic (exact) mass is 205 g/mol. The van der Waals surface area contributed by atoms with E-state index in [1.165, 1.54) is 12.0 Å². The van der Waals surface area contributed by atoms with E-state index in [0.717, 1.165) is 12.5 Å². The number of hydrogen-bond acceptors (Lipinski definition) is 1. The molecule has 0 amide bonds. The topological polar surface area (TPSA) is 12.0 Å². The molecule has 1 rings (SSSR count). The summed E-state index contributed by atoms with van der Waals surface area (Å²) in [5.74, 6) is 1.39. The predicted octanol–water partition coefficient (Wildman–Crippen LogP) is 3.31. The number of allylic oxidation sites excluding steroid dienone is 4. The van der Waals surface area contributed by atoms with Crippen LogP contribution in [0.2, 0.25) is 0 Å². The minimum Gasteiger partial charge on any atom is -0.314 e. The van der Waals surface area contributed by atoms with Crippen molar-refractivity contribution in [1.82, 2.24) is 5.32 Å². The van der Waals surface area contributed by atoms with Crippen LogP contribution in [0.3, 0.4) is 0 Å². The SMILES string of the molecule is C=C/C=C(\C=C/C)C1CNC(C)CC1C. The largest absolute Gasteiger partial charge is 0.314 e. The van der Waals surface area contributed by atoms with Gasteiger partial charge in [0.25, 0.3) is 0 Å². The van der Waals surface area contributed by atoms with Crippen molar-refractivity contribution < 1.29 is 0 Å². The van der Waals surface area contributed by atoms with E-state index in [9.17, 15) is 0 Å². The molecule has 1 heterocycles. The number of hydrogen-bond donors (Lipinski definition) is 1. The third-order valence-electron chi connectivity index (χ3n) is 3.20. The number of nitrogens with one attached hydrogen (secondary N) is 1. The van der Waals surface area contributed by atoms with Crippen LogP contribution in [0, 0.1) is 11.8 Å². The van der Waals surface area contributed by atoms with Crippen molar-refractivity contribution in [3.63, 3.8) is 0 Å². The molecule has 3 atom stereocenters. The second-order valence-corrected chi connectivity index (χ2v) is 4.53. The Balaban J connectivity index is 2.75. The highest BCUT2D eigenvalue weighted by Gasteiger charge is 2.26. The zero-order valence-corrected chi connectivity index (χ0v) is 10.2. The molecule has 1 fully saturated rings. The van der Waals surface area contributed by atoms with Gasteiger partial charge in [-0.1, -0.05) is 37.8 Å². The molecule has 1 heteroatoms. The van der Waals surface area contributed by atoms with Gasteiger partial charge in [-0.2, -0.15) is 0 Å². The fraction of sp³-hybridized carbons (Fsp3) is 0.571. The molecule has 3 unspecified atom stereocenters. The van der Waals surface area contributed by atoms with Crippen LogP contribution in [-0.2, 0) is 0 Å². The van der Waals surface area contributed by atoms with Crippen molar-refractivity contribution in [2.75, 3.05) is 6.54 Å². The average Bonchev–Trinajstić information content (AvgIpc) is 2.17. The molecule has 1 saturated heterocycles. The summed E-state index contributed by atoms with van der Waals surface area (Å²) < 4.78 is 0. The van der Waals surface area contributed by atoms with Crippen LogP contribution in [0.25, 0.3) is 0 Å². The first-order chi connectivity index (χ1) is 7.19. The molecule has 0 spiro atoms. The second-order valence-electron chi connectivity index (χ2n) is 4.53. The van der Waals surface area contributed by atoms with Crippen LogP contribution in [0.15, 0.2) is 36.5 Å². The molecule has 1 aliphatic heterocycles. The first-order valence-corrected chi connectivity index (χ1v) is 5.87. The lowest BCUT2D eigenvalue weighted by Crippen LogP contribution is -2.41. The average molecular weight is 205 g/mol. The van der Waals surface area contributed by atoms with Crippen LogP contribution < -0.4 is 5.32 Å². The number of rotatable bonds is 3. The van der Waals surface area contributed by atoms with Crippen molar-refractivity contribution in [3.05, 3.63) is 36.5 Å². The molecular formula is C14H23N. The van der Waals surface area contributed by atoms with Gasteiger partial charge >= 0.3 is 0 Å². The molecule has 0 bridgehead atoms. The molecule has 0 aliphatic carbocycles. The van der Waals surface area contributed by atoms with E-state index in [1.807, 2.05) is 6.08 Å². The predicted molar refractivity (Wildman–Crippen MR) is 67.8 cm³/mol. The Morgan fingerprint density at radius 2 is 2.13 bits per heavy atom. The van der Waals surface area contributed by atoms with Crippen molar-refractivity contribution in [2.45, 2.75) is 33.2 Å². The fourth-order valence-corrected chi connectivity index (χ4v) is 2.41. The van der Waals surface area contributed by atoms with Gasteiger partial charge in [0.05, 0.1) is 0 Å². The second kappa shape index (κ2) is 5.92. The van der Waals surface area contributed by atoms with Gasteiger partial charge in [0, 0.05) is 12.6 Å². The highest BCUT2D eigenvalue weighted by molar-refractivity contribution is 5.26. The first-order valence-electron chi connectivity index (χ1n) is 5.87. The normalized spacial score (nSPS) is 33.3. The van der Waals surface area contributed by atoms with Crippen molar-refractivity contribution in [2.24, 2.45) is 11.8 Å².